The molecule has 17 heavy (non-hydrogen) atoms. The van der Waals surface area contributed by atoms with Crippen LogP contribution in [0.15, 0.2) is 0 Å². The van der Waals surface area contributed by atoms with Gasteiger partial charge in [0.2, 0.25) is 0 Å². The Morgan fingerprint density at radius 3 is 1.35 bits per heavy atom. The molecule has 0 saturated heterocycles. The first-order valence-electron chi connectivity index (χ1n) is 7.37. The molecule has 0 spiro atoms. The molecule has 1 nitrogen and oxygen atoms in total. The number of aliphatic hydroxyl groups excluding tert-OH is 1. The van der Waals surface area contributed by atoms with E-state index in [2.05, 4.69) is 36.3 Å². The monoisotopic (exact) mass is 326 g/mol. The zero-order chi connectivity index (χ0) is 13.2. The molecule has 0 aliphatic rings. The average Bonchev–Trinajstić information content (AvgIpc) is 2.33. The van der Waals surface area contributed by atoms with E-state index >= 15 is 0 Å². The molecule has 0 radical (unpaired) electrons. The summed E-state index contributed by atoms with van der Waals surface area (Å²) in [6.45, 7) is 7.17. The molecule has 0 rings (SSSR count). The van der Waals surface area contributed by atoms with E-state index in [1.165, 1.54) is 57.0 Å². The molecule has 0 aliphatic carbocycles. The normalized spacial score (nSPS) is 14.5. The second-order valence-corrected chi connectivity index (χ2v) is 16.9. The molecule has 0 aromatic rings. The van der Waals surface area contributed by atoms with Crippen molar-refractivity contribution in [3.63, 3.8) is 0 Å². The van der Waals surface area contributed by atoms with Crippen molar-refractivity contribution < 1.29 is 5.11 Å². The van der Waals surface area contributed by atoms with Gasteiger partial charge in [-0.1, -0.05) is 0 Å². The molecule has 0 aromatic carbocycles. The third-order valence-electron chi connectivity index (χ3n) is 3.87. The molecule has 3 heteroatoms. The van der Waals surface area contributed by atoms with Crippen LogP contribution >= 0.6 is 20.8 Å². The third kappa shape index (κ3) is 6.55. The van der Waals surface area contributed by atoms with Gasteiger partial charge in [-0.15, -0.1) is 0 Å². The number of rotatable bonds is 11. The van der Waals surface area contributed by atoms with Crippen molar-refractivity contribution in [2.45, 2.75) is 59.3 Å². The van der Waals surface area contributed by atoms with Crippen LogP contribution in [0.5, 0.6) is 0 Å². The minimum atomic E-state index is -1.78. The Morgan fingerprint density at radius 2 is 1.12 bits per heavy atom. The predicted molar refractivity (Wildman–Crippen MR) is 87.1 cm³/mol. The van der Waals surface area contributed by atoms with E-state index in [0.717, 1.165) is 6.16 Å². The third-order valence-corrected chi connectivity index (χ3v) is 13.7. The Kier molecular flexibility index (Phi) is 9.34. The van der Waals surface area contributed by atoms with E-state index in [9.17, 15) is 5.11 Å². The van der Waals surface area contributed by atoms with Crippen molar-refractivity contribution in [3.05, 3.63) is 0 Å². The summed E-state index contributed by atoms with van der Waals surface area (Å²) >= 11 is 4.23. The summed E-state index contributed by atoms with van der Waals surface area (Å²) in [6.07, 6.45) is 12.8. The predicted octanol–water partition coefficient (Wildman–Crippen LogP) is 5.24. The summed E-state index contributed by atoms with van der Waals surface area (Å²) in [6, 6.07) is 0. The zero-order valence-electron chi connectivity index (χ0n) is 12.1. The van der Waals surface area contributed by atoms with E-state index in [0.29, 0.717) is 6.61 Å². The standard InChI is InChI=1S/C14H32BrOP/c1-4-7-11-17(15,14-10-16,12-8-5-2)13-9-6-3/h16H,4-14H2,1-3H3. The van der Waals surface area contributed by atoms with E-state index < -0.39 is 5.31 Å². The topological polar surface area (TPSA) is 20.2 Å². The first kappa shape index (κ1) is 17.9. The zero-order valence-corrected chi connectivity index (χ0v) is 14.5. The molecule has 106 valence electrons. The van der Waals surface area contributed by atoms with E-state index in [1.807, 2.05) is 0 Å². The number of hydrogen-bond donors (Lipinski definition) is 1. The molecule has 0 amide bonds. The summed E-state index contributed by atoms with van der Waals surface area (Å²) in [5.41, 5.74) is 0. The van der Waals surface area contributed by atoms with Crippen molar-refractivity contribution in [2.75, 3.05) is 31.3 Å². The maximum absolute atomic E-state index is 9.47. The molecule has 0 unspecified atom stereocenters. The molecule has 0 atom stereocenters. The number of unbranched alkanes of at least 4 members (excludes halogenated alkanes) is 3. The van der Waals surface area contributed by atoms with Crippen molar-refractivity contribution in [3.8, 4) is 0 Å². The van der Waals surface area contributed by atoms with Crippen LogP contribution < -0.4 is 0 Å². The summed E-state index contributed by atoms with van der Waals surface area (Å²) in [4.78, 5) is 0. The molecule has 0 fully saturated rings. The Morgan fingerprint density at radius 1 is 0.765 bits per heavy atom. The van der Waals surface area contributed by atoms with Crippen LogP contribution in [-0.4, -0.2) is 36.4 Å². The molecule has 0 heterocycles. The van der Waals surface area contributed by atoms with Gasteiger partial charge < -0.3 is 0 Å². The van der Waals surface area contributed by atoms with Gasteiger partial charge in [0.15, 0.2) is 0 Å². The van der Waals surface area contributed by atoms with Gasteiger partial charge in [-0.05, 0) is 0 Å². The van der Waals surface area contributed by atoms with E-state index in [-0.39, 0.29) is 0 Å². The van der Waals surface area contributed by atoms with Crippen LogP contribution in [0, 0.1) is 0 Å². The van der Waals surface area contributed by atoms with Crippen molar-refractivity contribution in [1.29, 1.82) is 0 Å². The first-order chi connectivity index (χ1) is 8.04. The average molecular weight is 327 g/mol. The quantitative estimate of drug-likeness (QED) is 0.514. The number of hydrogen-bond acceptors (Lipinski definition) is 1. The van der Waals surface area contributed by atoms with Gasteiger partial charge in [-0.3, -0.25) is 0 Å². The van der Waals surface area contributed by atoms with E-state index in [1.54, 1.807) is 0 Å². The molecule has 0 saturated carbocycles. The van der Waals surface area contributed by atoms with Gasteiger partial charge >= 0.3 is 116 Å². The number of aliphatic hydroxyl groups is 1. The fraction of sp³-hybridized carbons (Fsp3) is 1.00. The van der Waals surface area contributed by atoms with Gasteiger partial charge in [0.1, 0.15) is 0 Å². The molecule has 0 aromatic heterocycles. The van der Waals surface area contributed by atoms with Gasteiger partial charge in [-0.2, -0.15) is 0 Å². The second kappa shape index (κ2) is 8.88. The van der Waals surface area contributed by atoms with Gasteiger partial charge in [0, 0.05) is 0 Å². The number of halogens is 1. The molecular formula is C14H32BrOP. The van der Waals surface area contributed by atoms with Gasteiger partial charge in [-0.25, -0.2) is 0 Å². The van der Waals surface area contributed by atoms with Crippen molar-refractivity contribution in [1.82, 2.24) is 0 Å². The molecule has 0 bridgehead atoms. The first-order valence-corrected chi connectivity index (χ1v) is 12.4. The Labute approximate surface area is 116 Å². The summed E-state index contributed by atoms with van der Waals surface area (Å²) in [7, 11) is 0. The maximum atomic E-state index is 9.47. The van der Waals surface area contributed by atoms with Crippen LogP contribution in [0.4, 0.5) is 0 Å². The summed E-state index contributed by atoms with van der Waals surface area (Å²) in [5, 5.41) is 7.69. The van der Waals surface area contributed by atoms with Crippen LogP contribution in [0.3, 0.4) is 0 Å². The van der Waals surface area contributed by atoms with Gasteiger partial charge in [0.05, 0.1) is 0 Å². The summed E-state index contributed by atoms with van der Waals surface area (Å²) in [5.74, 6) is 0. The van der Waals surface area contributed by atoms with Crippen molar-refractivity contribution >= 4 is 20.8 Å². The fourth-order valence-corrected chi connectivity index (χ4v) is 10.5. The Balaban J connectivity index is 4.76. The van der Waals surface area contributed by atoms with Gasteiger partial charge in [0.25, 0.3) is 0 Å². The SMILES string of the molecule is CCCCP(Br)(CCO)(CCCC)CCCC. The molecule has 1 N–H and O–H groups in total. The van der Waals surface area contributed by atoms with E-state index in [4.69, 9.17) is 0 Å². The Bertz CT molecular complexity index is 172. The van der Waals surface area contributed by atoms with Crippen LogP contribution in [0.2, 0.25) is 0 Å². The molecule has 0 aliphatic heterocycles. The fourth-order valence-electron chi connectivity index (χ4n) is 2.58. The minimum absolute atomic E-state index is 0.361. The Hall–Kier alpha value is 0.870. The van der Waals surface area contributed by atoms with Crippen LogP contribution in [0.25, 0.3) is 0 Å². The molecular weight excluding hydrogens is 295 g/mol. The van der Waals surface area contributed by atoms with Crippen LogP contribution in [-0.2, 0) is 0 Å². The van der Waals surface area contributed by atoms with Crippen LogP contribution in [0.1, 0.15) is 59.3 Å². The summed E-state index contributed by atoms with van der Waals surface area (Å²) < 4.78 is 0. The second-order valence-electron chi connectivity index (χ2n) is 5.50. The van der Waals surface area contributed by atoms with Crippen molar-refractivity contribution in [2.24, 2.45) is 0 Å².